The van der Waals surface area contributed by atoms with Crippen LogP contribution in [0.25, 0.3) is 0 Å². The molecule has 0 saturated heterocycles. The van der Waals surface area contributed by atoms with Gasteiger partial charge >= 0.3 is 5.97 Å². The van der Waals surface area contributed by atoms with Crippen molar-refractivity contribution in [1.29, 1.82) is 0 Å². The minimum absolute atomic E-state index is 0.0921. The lowest BCUT2D eigenvalue weighted by Gasteiger charge is -2.18. The van der Waals surface area contributed by atoms with Crippen molar-refractivity contribution in [3.8, 4) is 0 Å². The Bertz CT molecular complexity index is 224. The number of nitrogens with one attached hydrogen (secondary N) is 1. The Morgan fingerprint density at radius 3 is 2.07 bits per heavy atom. The first-order valence-electron chi connectivity index (χ1n) is 5.36. The van der Waals surface area contributed by atoms with E-state index in [0.29, 0.717) is 12.3 Å². The van der Waals surface area contributed by atoms with Crippen molar-refractivity contribution in [3.63, 3.8) is 0 Å². The number of carbonyl (C=O) groups is 2. The van der Waals surface area contributed by atoms with E-state index in [0.717, 1.165) is 6.42 Å². The molecule has 0 aliphatic carbocycles. The number of hydrogen-bond acceptors (Lipinski definition) is 2. The average Bonchev–Trinajstić information content (AvgIpc) is 2.09. The zero-order chi connectivity index (χ0) is 12.0. The molecule has 0 bridgehead atoms. The summed E-state index contributed by atoms with van der Waals surface area (Å²) in [6.45, 7) is 7.62. The maximum Gasteiger partial charge on any atom is 0.326 e. The van der Waals surface area contributed by atoms with Crippen LogP contribution in [0.5, 0.6) is 0 Å². The molecule has 0 heterocycles. The highest BCUT2D eigenvalue weighted by molar-refractivity contribution is 5.83. The maximum atomic E-state index is 11.4. The summed E-state index contributed by atoms with van der Waals surface area (Å²) in [6.07, 6.45) is 1.18. The Balaban J connectivity index is 4.07. The van der Waals surface area contributed by atoms with Gasteiger partial charge in [-0.3, -0.25) is 4.79 Å². The van der Waals surface area contributed by atoms with Gasteiger partial charge in [-0.05, 0) is 18.3 Å². The minimum Gasteiger partial charge on any atom is -0.480 e. The quantitative estimate of drug-likeness (QED) is 0.708. The van der Waals surface area contributed by atoms with Gasteiger partial charge in [0.05, 0.1) is 0 Å². The molecule has 0 aromatic carbocycles. The van der Waals surface area contributed by atoms with Crippen LogP contribution in [0.2, 0.25) is 0 Å². The van der Waals surface area contributed by atoms with Crippen molar-refractivity contribution < 1.29 is 14.7 Å². The molecule has 2 N–H and O–H groups in total. The summed E-state index contributed by atoms with van der Waals surface area (Å²) >= 11 is 0. The van der Waals surface area contributed by atoms with E-state index >= 15 is 0 Å². The highest BCUT2D eigenvalue weighted by atomic mass is 16.4. The van der Waals surface area contributed by atoms with Crippen LogP contribution in [-0.4, -0.2) is 23.0 Å². The fourth-order valence-corrected chi connectivity index (χ4v) is 1.18. The molecule has 0 fully saturated rings. The zero-order valence-corrected chi connectivity index (χ0v) is 9.91. The van der Waals surface area contributed by atoms with Gasteiger partial charge in [0.15, 0.2) is 0 Å². The normalized spacial score (nSPS) is 12.9. The number of carboxylic acid groups (broad SMARTS) is 1. The van der Waals surface area contributed by atoms with Crippen molar-refractivity contribution in [2.45, 2.75) is 46.6 Å². The third-order valence-electron chi connectivity index (χ3n) is 2.20. The molecule has 0 rings (SSSR count). The summed E-state index contributed by atoms with van der Waals surface area (Å²) in [5, 5.41) is 11.4. The third-order valence-corrected chi connectivity index (χ3v) is 2.20. The molecule has 4 nitrogen and oxygen atoms in total. The molecule has 88 valence electrons. The number of amides is 1. The molecule has 0 radical (unpaired) electrons. The Hall–Kier alpha value is -1.06. The summed E-state index contributed by atoms with van der Waals surface area (Å²) in [5.41, 5.74) is 0. The summed E-state index contributed by atoms with van der Waals surface area (Å²) in [4.78, 5) is 22.2. The maximum absolute atomic E-state index is 11.4. The third kappa shape index (κ3) is 6.10. The molecule has 1 atom stereocenters. The van der Waals surface area contributed by atoms with E-state index in [9.17, 15) is 9.59 Å². The summed E-state index contributed by atoms with van der Waals surface area (Å²) < 4.78 is 0. The van der Waals surface area contributed by atoms with E-state index in [-0.39, 0.29) is 11.8 Å². The number of hydrogen-bond donors (Lipinski definition) is 2. The number of rotatable bonds is 6. The minimum atomic E-state index is -0.970. The SMILES string of the molecule is CC(C)CCC(=O)N[C@H](C(=O)O)C(C)C. The second-order valence-corrected chi connectivity index (χ2v) is 4.56. The lowest BCUT2D eigenvalue weighted by atomic mass is 10.0. The molecule has 4 heteroatoms. The van der Waals surface area contributed by atoms with Crippen molar-refractivity contribution in [2.75, 3.05) is 0 Å². The van der Waals surface area contributed by atoms with Crippen LogP contribution >= 0.6 is 0 Å². The van der Waals surface area contributed by atoms with Crippen LogP contribution in [0.15, 0.2) is 0 Å². The molecule has 0 unspecified atom stereocenters. The van der Waals surface area contributed by atoms with Gasteiger partial charge in [0.1, 0.15) is 6.04 Å². The number of carboxylic acids is 1. The topological polar surface area (TPSA) is 66.4 Å². The summed E-state index contributed by atoms with van der Waals surface area (Å²) in [6, 6.07) is -0.773. The van der Waals surface area contributed by atoms with Gasteiger partial charge in [-0.2, -0.15) is 0 Å². The zero-order valence-electron chi connectivity index (χ0n) is 9.91. The Kier molecular flexibility index (Phi) is 5.97. The van der Waals surface area contributed by atoms with Crippen molar-refractivity contribution in [3.05, 3.63) is 0 Å². The molecule has 0 aromatic heterocycles. The lowest BCUT2D eigenvalue weighted by molar-refractivity contribution is -0.143. The van der Waals surface area contributed by atoms with Crippen LogP contribution in [0.1, 0.15) is 40.5 Å². The van der Waals surface area contributed by atoms with Gasteiger partial charge in [-0.1, -0.05) is 27.7 Å². The summed E-state index contributed by atoms with van der Waals surface area (Å²) in [7, 11) is 0. The average molecular weight is 215 g/mol. The first kappa shape index (κ1) is 13.9. The highest BCUT2D eigenvalue weighted by Crippen LogP contribution is 2.06. The first-order chi connectivity index (χ1) is 6.84. The van der Waals surface area contributed by atoms with Gasteiger partial charge in [-0.25, -0.2) is 4.79 Å². The van der Waals surface area contributed by atoms with Gasteiger partial charge in [0.25, 0.3) is 0 Å². The van der Waals surface area contributed by atoms with Gasteiger partial charge < -0.3 is 10.4 Å². The van der Waals surface area contributed by atoms with Crippen molar-refractivity contribution in [2.24, 2.45) is 11.8 Å². The number of carbonyl (C=O) groups excluding carboxylic acids is 1. The Morgan fingerprint density at radius 1 is 1.20 bits per heavy atom. The molecule has 0 spiro atoms. The van der Waals surface area contributed by atoms with Crippen LogP contribution in [-0.2, 0) is 9.59 Å². The molecule has 0 aliphatic heterocycles. The fourth-order valence-electron chi connectivity index (χ4n) is 1.18. The van der Waals surface area contributed by atoms with E-state index in [1.54, 1.807) is 13.8 Å². The molecule has 0 aliphatic rings. The molecular formula is C11H21NO3. The van der Waals surface area contributed by atoms with Gasteiger partial charge in [-0.15, -0.1) is 0 Å². The summed E-state index contributed by atoms with van der Waals surface area (Å²) in [5.74, 6) is -0.781. The van der Waals surface area contributed by atoms with Gasteiger partial charge in [0, 0.05) is 6.42 Å². The van der Waals surface area contributed by atoms with E-state index in [1.165, 1.54) is 0 Å². The largest absolute Gasteiger partial charge is 0.480 e. The number of aliphatic carboxylic acids is 1. The Morgan fingerprint density at radius 2 is 1.73 bits per heavy atom. The Labute approximate surface area is 91.1 Å². The van der Waals surface area contributed by atoms with E-state index < -0.39 is 12.0 Å². The van der Waals surface area contributed by atoms with Crippen molar-refractivity contribution in [1.82, 2.24) is 5.32 Å². The second-order valence-electron chi connectivity index (χ2n) is 4.56. The molecular weight excluding hydrogens is 194 g/mol. The van der Waals surface area contributed by atoms with Crippen LogP contribution in [0.4, 0.5) is 0 Å². The van der Waals surface area contributed by atoms with Crippen LogP contribution in [0.3, 0.4) is 0 Å². The monoisotopic (exact) mass is 215 g/mol. The first-order valence-corrected chi connectivity index (χ1v) is 5.36. The molecule has 0 saturated carbocycles. The molecule has 15 heavy (non-hydrogen) atoms. The smallest absolute Gasteiger partial charge is 0.326 e. The molecule has 0 aromatic rings. The lowest BCUT2D eigenvalue weighted by Crippen LogP contribution is -2.44. The highest BCUT2D eigenvalue weighted by Gasteiger charge is 2.22. The predicted octanol–water partition coefficient (Wildman–Crippen LogP) is 1.65. The van der Waals surface area contributed by atoms with E-state index in [1.807, 2.05) is 13.8 Å². The fraction of sp³-hybridized carbons (Fsp3) is 0.818. The second kappa shape index (κ2) is 6.43. The predicted molar refractivity (Wildman–Crippen MR) is 58.5 cm³/mol. The van der Waals surface area contributed by atoms with E-state index in [2.05, 4.69) is 5.32 Å². The van der Waals surface area contributed by atoms with Gasteiger partial charge in [0.2, 0.25) is 5.91 Å². The van der Waals surface area contributed by atoms with Crippen LogP contribution < -0.4 is 5.32 Å². The van der Waals surface area contributed by atoms with Crippen molar-refractivity contribution >= 4 is 11.9 Å². The van der Waals surface area contributed by atoms with Crippen LogP contribution in [0, 0.1) is 11.8 Å². The van der Waals surface area contributed by atoms with E-state index in [4.69, 9.17) is 5.11 Å². The standard InChI is InChI=1S/C11H21NO3/c1-7(2)5-6-9(13)12-10(8(3)4)11(14)15/h7-8,10H,5-6H2,1-4H3,(H,12,13)(H,14,15)/t10-/m0/s1. The molecule has 1 amide bonds.